The van der Waals surface area contributed by atoms with Crippen LogP contribution in [0.3, 0.4) is 0 Å². The van der Waals surface area contributed by atoms with E-state index in [1.54, 1.807) is 0 Å². The first-order chi connectivity index (χ1) is 13.8. The van der Waals surface area contributed by atoms with Crippen LogP contribution in [0.15, 0.2) is 95.4 Å². The van der Waals surface area contributed by atoms with Crippen LogP contribution < -0.4 is 0 Å². The van der Waals surface area contributed by atoms with E-state index in [-0.39, 0.29) is 5.92 Å². The minimum absolute atomic E-state index is 0.148. The van der Waals surface area contributed by atoms with Crippen LogP contribution >= 0.6 is 0 Å². The Morgan fingerprint density at radius 1 is 0.750 bits per heavy atom. The molecule has 3 heteroatoms. The van der Waals surface area contributed by atoms with E-state index in [9.17, 15) is 0 Å². The van der Waals surface area contributed by atoms with Gasteiger partial charge < -0.3 is 4.42 Å². The molecule has 5 rings (SSSR count). The van der Waals surface area contributed by atoms with E-state index in [2.05, 4.69) is 36.4 Å². The fourth-order valence-electron chi connectivity index (χ4n) is 3.63. The van der Waals surface area contributed by atoms with Crippen molar-refractivity contribution in [3.05, 3.63) is 114 Å². The molecular formula is C25H16N2O. The van der Waals surface area contributed by atoms with Gasteiger partial charge in [0.1, 0.15) is 5.52 Å². The Hall–Kier alpha value is -3.90. The van der Waals surface area contributed by atoms with Gasteiger partial charge in [0.2, 0.25) is 5.89 Å². The number of benzene rings is 4. The summed E-state index contributed by atoms with van der Waals surface area (Å²) in [4.78, 5) is 4.76. The molecule has 0 saturated carbocycles. The van der Waals surface area contributed by atoms with Crippen molar-refractivity contribution in [2.24, 2.45) is 0 Å². The first kappa shape index (κ1) is 16.3. The minimum atomic E-state index is -0.148. The van der Waals surface area contributed by atoms with Crippen molar-refractivity contribution in [1.82, 2.24) is 4.98 Å². The lowest BCUT2D eigenvalue weighted by Crippen LogP contribution is -2.04. The summed E-state index contributed by atoms with van der Waals surface area (Å²) in [6.07, 6.45) is 0. The van der Waals surface area contributed by atoms with Crippen LogP contribution in [0.2, 0.25) is 0 Å². The summed E-state index contributed by atoms with van der Waals surface area (Å²) < 4.78 is 6.13. The number of rotatable bonds is 3. The van der Waals surface area contributed by atoms with Crippen molar-refractivity contribution in [1.29, 1.82) is 5.26 Å². The number of para-hydroxylation sites is 2. The van der Waals surface area contributed by atoms with Crippen LogP contribution in [0.5, 0.6) is 0 Å². The number of fused-ring (bicyclic) bond motifs is 2. The minimum Gasteiger partial charge on any atom is -0.440 e. The number of nitriles is 1. The van der Waals surface area contributed by atoms with E-state index in [0.717, 1.165) is 22.2 Å². The maximum absolute atomic E-state index is 9.13. The molecule has 5 aromatic rings. The second-order valence-electron chi connectivity index (χ2n) is 6.79. The Balaban J connectivity index is 1.71. The van der Waals surface area contributed by atoms with Gasteiger partial charge in [0.15, 0.2) is 5.58 Å². The van der Waals surface area contributed by atoms with Crippen molar-refractivity contribution < 1.29 is 4.42 Å². The SMILES string of the molecule is N#Cc1ccc(C(c2ccc3ccccc3c2)c2nc3ccccc3o2)cc1. The van der Waals surface area contributed by atoms with Gasteiger partial charge in [-0.3, -0.25) is 0 Å². The highest BCUT2D eigenvalue weighted by atomic mass is 16.3. The third-order valence-electron chi connectivity index (χ3n) is 5.04. The Labute approximate surface area is 162 Å². The van der Waals surface area contributed by atoms with Crippen molar-refractivity contribution >= 4 is 21.9 Å². The Morgan fingerprint density at radius 2 is 1.46 bits per heavy atom. The first-order valence-electron chi connectivity index (χ1n) is 9.16. The standard InChI is InChI=1S/C25H16N2O/c26-16-17-9-11-19(12-10-17)24(25-27-22-7-3-4-8-23(22)28-25)21-14-13-18-5-1-2-6-20(18)15-21/h1-15,24H. The van der Waals surface area contributed by atoms with Gasteiger partial charge in [-0.2, -0.15) is 5.26 Å². The summed E-state index contributed by atoms with van der Waals surface area (Å²) in [5.41, 5.74) is 4.41. The molecule has 0 spiro atoms. The predicted octanol–water partition coefficient (Wildman–Crippen LogP) is 6.03. The fraction of sp³-hybridized carbons (Fsp3) is 0.0400. The number of hydrogen-bond donors (Lipinski definition) is 0. The zero-order chi connectivity index (χ0) is 18.9. The molecular weight excluding hydrogens is 344 g/mol. The fourth-order valence-corrected chi connectivity index (χ4v) is 3.63. The zero-order valence-corrected chi connectivity index (χ0v) is 15.0. The summed E-state index contributed by atoms with van der Waals surface area (Å²) >= 11 is 0. The Bertz CT molecular complexity index is 1290. The van der Waals surface area contributed by atoms with Crippen molar-refractivity contribution in [2.75, 3.05) is 0 Å². The van der Waals surface area contributed by atoms with Gasteiger partial charge in [0, 0.05) is 0 Å². The molecule has 1 unspecified atom stereocenters. The van der Waals surface area contributed by atoms with Crippen LogP contribution in [0.1, 0.15) is 28.5 Å². The second-order valence-corrected chi connectivity index (χ2v) is 6.79. The maximum Gasteiger partial charge on any atom is 0.207 e. The largest absolute Gasteiger partial charge is 0.440 e. The van der Waals surface area contributed by atoms with Crippen molar-refractivity contribution in [3.8, 4) is 6.07 Å². The molecule has 132 valence electrons. The van der Waals surface area contributed by atoms with Gasteiger partial charge in [0.25, 0.3) is 0 Å². The molecule has 0 saturated heterocycles. The van der Waals surface area contributed by atoms with E-state index in [1.165, 1.54) is 10.8 Å². The zero-order valence-electron chi connectivity index (χ0n) is 15.0. The van der Waals surface area contributed by atoms with Gasteiger partial charge in [0.05, 0.1) is 17.6 Å². The van der Waals surface area contributed by atoms with Gasteiger partial charge in [-0.1, -0.05) is 66.7 Å². The molecule has 0 N–H and O–H groups in total. The molecule has 0 aliphatic heterocycles. The maximum atomic E-state index is 9.13. The summed E-state index contributed by atoms with van der Waals surface area (Å²) in [6, 6.07) is 32.4. The van der Waals surface area contributed by atoms with E-state index >= 15 is 0 Å². The average Bonchev–Trinajstić information content (AvgIpc) is 3.18. The number of nitrogens with zero attached hydrogens (tertiary/aromatic N) is 2. The molecule has 28 heavy (non-hydrogen) atoms. The van der Waals surface area contributed by atoms with Crippen molar-refractivity contribution in [3.63, 3.8) is 0 Å². The molecule has 3 nitrogen and oxygen atoms in total. The molecule has 1 heterocycles. The summed E-state index contributed by atoms with van der Waals surface area (Å²) in [7, 11) is 0. The third kappa shape index (κ3) is 2.82. The molecule has 0 amide bonds. The number of hydrogen-bond acceptors (Lipinski definition) is 3. The van der Waals surface area contributed by atoms with E-state index in [0.29, 0.717) is 11.5 Å². The molecule has 1 atom stereocenters. The number of oxazole rings is 1. The van der Waals surface area contributed by atoms with E-state index < -0.39 is 0 Å². The average molecular weight is 360 g/mol. The van der Waals surface area contributed by atoms with E-state index in [4.69, 9.17) is 14.7 Å². The molecule has 1 aromatic heterocycles. The third-order valence-corrected chi connectivity index (χ3v) is 5.04. The van der Waals surface area contributed by atoms with Gasteiger partial charge >= 0.3 is 0 Å². The molecule has 4 aromatic carbocycles. The second kappa shape index (κ2) is 6.68. The lowest BCUT2D eigenvalue weighted by atomic mass is 9.89. The Kier molecular flexibility index (Phi) is 3.88. The number of aromatic nitrogens is 1. The summed E-state index contributed by atoms with van der Waals surface area (Å²) in [6.45, 7) is 0. The van der Waals surface area contributed by atoms with E-state index in [1.807, 2.05) is 60.7 Å². The van der Waals surface area contributed by atoms with Crippen molar-refractivity contribution in [2.45, 2.75) is 5.92 Å². The van der Waals surface area contributed by atoms with Crippen LogP contribution in [0, 0.1) is 11.3 Å². The van der Waals surface area contributed by atoms with Crippen LogP contribution in [-0.4, -0.2) is 4.98 Å². The van der Waals surface area contributed by atoms with Crippen LogP contribution in [0.4, 0.5) is 0 Å². The monoisotopic (exact) mass is 360 g/mol. The molecule has 0 aliphatic carbocycles. The Morgan fingerprint density at radius 3 is 2.25 bits per heavy atom. The topological polar surface area (TPSA) is 49.8 Å². The highest BCUT2D eigenvalue weighted by Gasteiger charge is 2.23. The lowest BCUT2D eigenvalue weighted by molar-refractivity contribution is 0.522. The van der Waals surface area contributed by atoms with Gasteiger partial charge in [-0.05, 0) is 46.2 Å². The van der Waals surface area contributed by atoms with Crippen LogP contribution in [0.25, 0.3) is 21.9 Å². The molecule has 0 aliphatic rings. The molecule has 0 bridgehead atoms. The highest BCUT2D eigenvalue weighted by molar-refractivity contribution is 5.83. The molecule has 0 radical (unpaired) electrons. The quantitative estimate of drug-likeness (QED) is 0.394. The lowest BCUT2D eigenvalue weighted by Gasteiger charge is -2.15. The highest BCUT2D eigenvalue weighted by Crippen LogP contribution is 2.34. The van der Waals surface area contributed by atoms with Gasteiger partial charge in [-0.15, -0.1) is 0 Å². The summed E-state index contributed by atoms with van der Waals surface area (Å²) in [5.74, 6) is 0.505. The first-order valence-corrected chi connectivity index (χ1v) is 9.16. The normalized spacial score (nSPS) is 12.1. The van der Waals surface area contributed by atoms with Gasteiger partial charge in [-0.25, -0.2) is 4.98 Å². The molecule has 0 fully saturated rings. The van der Waals surface area contributed by atoms with Crippen LogP contribution in [-0.2, 0) is 0 Å². The smallest absolute Gasteiger partial charge is 0.207 e. The summed E-state index contributed by atoms with van der Waals surface area (Å²) in [5, 5.41) is 11.5. The predicted molar refractivity (Wildman–Crippen MR) is 110 cm³/mol.